The maximum atomic E-state index is 11.6. The summed E-state index contributed by atoms with van der Waals surface area (Å²) in [5, 5.41) is 0. The first kappa shape index (κ1) is 10.7. The van der Waals surface area contributed by atoms with E-state index in [0.717, 1.165) is 12.8 Å². The Bertz CT molecular complexity index is 86.9. The normalized spacial score (nSPS) is 11.1. The van der Waals surface area contributed by atoms with Gasteiger partial charge in [-0.25, -0.2) is 0 Å². The Balaban J connectivity index is 2.79. The minimum atomic E-state index is -0.144. The van der Waals surface area contributed by atoms with E-state index in [2.05, 4.69) is 12.2 Å². The van der Waals surface area contributed by atoms with Gasteiger partial charge in [-0.1, -0.05) is 31.4 Å². The molecule has 0 amide bonds. The van der Waals surface area contributed by atoms with Crippen LogP contribution in [0.15, 0.2) is 12.2 Å². The molecule has 0 aliphatic carbocycles. The SMILES string of the molecule is CC=CCCCCCCCF. The molecule has 0 saturated heterocycles. The van der Waals surface area contributed by atoms with Crippen LogP contribution in [0.5, 0.6) is 0 Å². The van der Waals surface area contributed by atoms with Crippen molar-refractivity contribution in [3.05, 3.63) is 12.2 Å². The lowest BCUT2D eigenvalue weighted by Crippen LogP contribution is -1.79. The van der Waals surface area contributed by atoms with Crippen LogP contribution in [-0.4, -0.2) is 6.67 Å². The third-order valence-corrected chi connectivity index (χ3v) is 1.74. The lowest BCUT2D eigenvalue weighted by molar-refractivity contribution is 0.451. The standard InChI is InChI=1S/C10H19F/c1-2-3-4-5-6-7-8-9-10-11/h2-3H,4-10H2,1H3. The van der Waals surface area contributed by atoms with E-state index in [1.54, 1.807) is 0 Å². The van der Waals surface area contributed by atoms with Gasteiger partial charge < -0.3 is 0 Å². The first-order chi connectivity index (χ1) is 5.41. The predicted octanol–water partition coefficient (Wildman–Crippen LogP) is 3.87. The monoisotopic (exact) mass is 158 g/mol. The van der Waals surface area contributed by atoms with E-state index < -0.39 is 0 Å². The van der Waals surface area contributed by atoms with Crippen molar-refractivity contribution >= 4 is 0 Å². The van der Waals surface area contributed by atoms with Gasteiger partial charge in [-0.15, -0.1) is 0 Å². The first-order valence-electron chi connectivity index (χ1n) is 4.59. The largest absolute Gasteiger partial charge is 0.251 e. The Labute approximate surface area is 69.5 Å². The molecule has 0 nitrogen and oxygen atoms in total. The Hall–Kier alpha value is -0.330. The highest BCUT2D eigenvalue weighted by Gasteiger charge is 1.88. The Kier molecular flexibility index (Phi) is 9.38. The Morgan fingerprint density at radius 3 is 2.27 bits per heavy atom. The summed E-state index contributed by atoms with van der Waals surface area (Å²) in [5.74, 6) is 0. The summed E-state index contributed by atoms with van der Waals surface area (Å²) in [5.41, 5.74) is 0. The van der Waals surface area contributed by atoms with E-state index in [4.69, 9.17) is 0 Å². The summed E-state index contributed by atoms with van der Waals surface area (Å²) in [6.45, 7) is 1.90. The van der Waals surface area contributed by atoms with Gasteiger partial charge >= 0.3 is 0 Å². The molecule has 0 aromatic heterocycles. The second-order valence-electron chi connectivity index (χ2n) is 2.81. The minimum absolute atomic E-state index is 0.144. The third kappa shape index (κ3) is 9.67. The van der Waals surface area contributed by atoms with Gasteiger partial charge in [0.1, 0.15) is 0 Å². The van der Waals surface area contributed by atoms with E-state index in [-0.39, 0.29) is 6.67 Å². The molecule has 0 fully saturated rings. The summed E-state index contributed by atoms with van der Waals surface area (Å²) < 4.78 is 11.6. The summed E-state index contributed by atoms with van der Waals surface area (Å²) >= 11 is 0. The molecule has 0 unspecified atom stereocenters. The molecule has 0 aromatic rings. The van der Waals surface area contributed by atoms with Crippen molar-refractivity contribution in [2.75, 3.05) is 6.67 Å². The molecule has 0 aliphatic rings. The van der Waals surface area contributed by atoms with Crippen LogP contribution in [-0.2, 0) is 0 Å². The van der Waals surface area contributed by atoms with Crippen LogP contribution in [0.1, 0.15) is 45.4 Å². The molecule has 0 heterocycles. The van der Waals surface area contributed by atoms with Crippen LogP contribution in [0.4, 0.5) is 4.39 Å². The van der Waals surface area contributed by atoms with Gasteiger partial charge in [0.05, 0.1) is 6.67 Å². The lowest BCUT2D eigenvalue weighted by atomic mass is 10.1. The number of alkyl halides is 1. The van der Waals surface area contributed by atoms with Gasteiger partial charge in [-0.2, -0.15) is 0 Å². The van der Waals surface area contributed by atoms with Crippen LogP contribution < -0.4 is 0 Å². The molecule has 0 bridgehead atoms. The Morgan fingerprint density at radius 2 is 1.64 bits per heavy atom. The maximum Gasteiger partial charge on any atom is 0.0894 e. The first-order valence-corrected chi connectivity index (χ1v) is 4.59. The fourth-order valence-corrected chi connectivity index (χ4v) is 1.05. The number of unbranched alkanes of at least 4 members (excludes halogenated alkanes) is 5. The molecule has 0 radical (unpaired) electrons. The quantitative estimate of drug-likeness (QED) is 0.389. The minimum Gasteiger partial charge on any atom is -0.251 e. The molecule has 0 saturated carbocycles. The second kappa shape index (κ2) is 9.67. The van der Waals surface area contributed by atoms with Crippen molar-refractivity contribution < 1.29 is 4.39 Å². The summed E-state index contributed by atoms with van der Waals surface area (Å²) in [6, 6.07) is 0. The third-order valence-electron chi connectivity index (χ3n) is 1.74. The topological polar surface area (TPSA) is 0 Å². The van der Waals surface area contributed by atoms with E-state index in [1.807, 2.05) is 6.92 Å². The number of allylic oxidation sites excluding steroid dienone is 2. The average molecular weight is 158 g/mol. The van der Waals surface area contributed by atoms with Crippen molar-refractivity contribution in [2.45, 2.75) is 45.4 Å². The van der Waals surface area contributed by atoms with E-state index in [1.165, 1.54) is 25.7 Å². The zero-order valence-corrected chi connectivity index (χ0v) is 7.48. The fraction of sp³-hybridized carbons (Fsp3) is 0.800. The van der Waals surface area contributed by atoms with Gasteiger partial charge in [0.2, 0.25) is 0 Å². The molecule has 0 spiro atoms. The number of hydrogen-bond donors (Lipinski definition) is 0. The molecular formula is C10H19F. The van der Waals surface area contributed by atoms with Crippen LogP contribution >= 0.6 is 0 Å². The average Bonchev–Trinajstić information content (AvgIpc) is 2.03. The van der Waals surface area contributed by atoms with Crippen LogP contribution in [0.2, 0.25) is 0 Å². The molecule has 0 N–H and O–H groups in total. The number of halogens is 1. The van der Waals surface area contributed by atoms with Crippen LogP contribution in [0.3, 0.4) is 0 Å². The zero-order valence-electron chi connectivity index (χ0n) is 7.48. The molecule has 0 rings (SSSR count). The Morgan fingerprint density at radius 1 is 1.00 bits per heavy atom. The van der Waals surface area contributed by atoms with Gasteiger partial charge in [-0.3, -0.25) is 4.39 Å². The molecule has 11 heavy (non-hydrogen) atoms. The van der Waals surface area contributed by atoms with Gasteiger partial charge in [0.15, 0.2) is 0 Å². The van der Waals surface area contributed by atoms with Gasteiger partial charge in [0, 0.05) is 0 Å². The molecule has 0 aromatic carbocycles. The van der Waals surface area contributed by atoms with Crippen molar-refractivity contribution in [2.24, 2.45) is 0 Å². The van der Waals surface area contributed by atoms with Crippen molar-refractivity contribution in [1.82, 2.24) is 0 Å². The highest BCUT2D eigenvalue weighted by molar-refractivity contribution is 4.76. The molecule has 1 heteroatoms. The van der Waals surface area contributed by atoms with Gasteiger partial charge in [-0.05, 0) is 26.2 Å². The van der Waals surface area contributed by atoms with Crippen molar-refractivity contribution in [3.63, 3.8) is 0 Å². The zero-order chi connectivity index (χ0) is 8.36. The highest BCUT2D eigenvalue weighted by Crippen LogP contribution is 2.05. The fourth-order valence-electron chi connectivity index (χ4n) is 1.05. The summed E-state index contributed by atoms with van der Waals surface area (Å²) in [4.78, 5) is 0. The lowest BCUT2D eigenvalue weighted by Gasteiger charge is -1.96. The highest BCUT2D eigenvalue weighted by atomic mass is 19.1. The van der Waals surface area contributed by atoms with Crippen molar-refractivity contribution in [1.29, 1.82) is 0 Å². The summed E-state index contributed by atoms with van der Waals surface area (Å²) in [7, 11) is 0. The van der Waals surface area contributed by atoms with E-state index in [9.17, 15) is 4.39 Å². The molecule has 0 atom stereocenters. The molecule has 0 aliphatic heterocycles. The summed E-state index contributed by atoms with van der Waals surface area (Å²) in [6.07, 6.45) is 11.0. The van der Waals surface area contributed by atoms with Crippen molar-refractivity contribution in [3.8, 4) is 0 Å². The smallest absolute Gasteiger partial charge is 0.0894 e. The van der Waals surface area contributed by atoms with E-state index in [0.29, 0.717) is 0 Å². The van der Waals surface area contributed by atoms with Crippen LogP contribution in [0, 0.1) is 0 Å². The molecule has 66 valence electrons. The molecular weight excluding hydrogens is 139 g/mol. The predicted molar refractivity (Wildman–Crippen MR) is 48.5 cm³/mol. The van der Waals surface area contributed by atoms with Crippen LogP contribution in [0.25, 0.3) is 0 Å². The van der Waals surface area contributed by atoms with E-state index >= 15 is 0 Å². The second-order valence-corrected chi connectivity index (χ2v) is 2.81. The maximum absolute atomic E-state index is 11.6. The van der Waals surface area contributed by atoms with Gasteiger partial charge in [0.25, 0.3) is 0 Å². The number of hydrogen-bond acceptors (Lipinski definition) is 0. The number of rotatable bonds is 7.